The van der Waals surface area contributed by atoms with Crippen LogP contribution in [0.25, 0.3) is 0 Å². The number of hydrogen-bond donors (Lipinski definition) is 1. The van der Waals surface area contributed by atoms with Gasteiger partial charge in [-0.1, -0.05) is 91.0 Å². The van der Waals surface area contributed by atoms with E-state index in [-0.39, 0.29) is 0 Å². The fourth-order valence-corrected chi connectivity index (χ4v) is 3.34. The van der Waals surface area contributed by atoms with Crippen molar-refractivity contribution in [2.24, 2.45) is 5.73 Å². The van der Waals surface area contributed by atoms with Gasteiger partial charge in [0.25, 0.3) is 0 Å². The summed E-state index contributed by atoms with van der Waals surface area (Å²) in [6.07, 6.45) is 0. The molecule has 0 radical (unpaired) electrons. The van der Waals surface area contributed by atoms with E-state index in [4.69, 9.17) is 5.73 Å². The number of hydrogen-bond acceptors (Lipinski definition) is 2. The average Bonchev–Trinajstić information content (AvgIpc) is 2.65. The Bertz CT molecular complexity index is 627. The van der Waals surface area contributed by atoms with E-state index in [0.29, 0.717) is 6.67 Å². The van der Waals surface area contributed by atoms with Crippen molar-refractivity contribution in [2.45, 2.75) is 5.54 Å². The number of nitrogens with zero attached hydrogens (tertiary/aromatic N) is 1. The summed E-state index contributed by atoms with van der Waals surface area (Å²) in [7, 11) is 2.08. The van der Waals surface area contributed by atoms with Crippen molar-refractivity contribution in [3.8, 4) is 0 Å². The lowest BCUT2D eigenvalue weighted by Gasteiger charge is -2.43. The second kappa shape index (κ2) is 6.78. The van der Waals surface area contributed by atoms with Gasteiger partial charge in [0.15, 0.2) is 0 Å². The summed E-state index contributed by atoms with van der Waals surface area (Å²) in [6, 6.07) is 31.7. The van der Waals surface area contributed by atoms with Crippen LogP contribution in [-0.2, 0) is 5.54 Å². The van der Waals surface area contributed by atoms with E-state index in [0.717, 1.165) is 0 Å². The first kappa shape index (κ1) is 15.5. The third-order valence-corrected chi connectivity index (χ3v) is 4.42. The minimum atomic E-state index is -0.404. The van der Waals surface area contributed by atoms with Crippen molar-refractivity contribution in [1.29, 1.82) is 0 Å². The van der Waals surface area contributed by atoms with Gasteiger partial charge < -0.3 is 5.73 Å². The van der Waals surface area contributed by atoms with Gasteiger partial charge in [-0.2, -0.15) is 0 Å². The molecular weight excluding hydrogens is 280 g/mol. The highest BCUT2D eigenvalue weighted by atomic mass is 15.2. The number of nitrogens with two attached hydrogens (primary N) is 1. The van der Waals surface area contributed by atoms with Gasteiger partial charge in [0, 0.05) is 6.67 Å². The Labute approximate surface area is 138 Å². The molecule has 2 nitrogen and oxygen atoms in total. The van der Waals surface area contributed by atoms with E-state index in [2.05, 4.69) is 84.7 Å². The molecule has 0 fully saturated rings. The fourth-order valence-electron chi connectivity index (χ4n) is 3.34. The van der Waals surface area contributed by atoms with Crippen LogP contribution >= 0.6 is 0 Å². The van der Waals surface area contributed by atoms with Crippen LogP contribution in [0.1, 0.15) is 16.7 Å². The third kappa shape index (κ3) is 2.67. The van der Waals surface area contributed by atoms with Gasteiger partial charge >= 0.3 is 0 Å². The van der Waals surface area contributed by atoms with E-state index in [1.807, 2.05) is 18.2 Å². The molecule has 3 rings (SSSR count). The van der Waals surface area contributed by atoms with Crippen molar-refractivity contribution >= 4 is 0 Å². The molecule has 0 aliphatic rings. The summed E-state index contributed by atoms with van der Waals surface area (Å²) in [5.41, 5.74) is 9.33. The quantitative estimate of drug-likeness (QED) is 0.573. The largest absolute Gasteiger partial charge is 0.318 e. The van der Waals surface area contributed by atoms with Crippen LogP contribution in [0.15, 0.2) is 91.0 Å². The van der Waals surface area contributed by atoms with Gasteiger partial charge in [-0.05, 0) is 23.7 Å². The Morgan fingerprint density at radius 2 is 0.957 bits per heavy atom. The van der Waals surface area contributed by atoms with Gasteiger partial charge in [0.05, 0.1) is 5.54 Å². The highest BCUT2D eigenvalue weighted by Crippen LogP contribution is 2.40. The normalized spacial score (nSPS) is 11.6. The second-order valence-electron chi connectivity index (χ2n) is 5.69. The highest BCUT2D eigenvalue weighted by Gasteiger charge is 2.39. The molecule has 0 unspecified atom stereocenters. The van der Waals surface area contributed by atoms with Crippen molar-refractivity contribution in [1.82, 2.24) is 4.90 Å². The van der Waals surface area contributed by atoms with E-state index < -0.39 is 5.54 Å². The van der Waals surface area contributed by atoms with Crippen molar-refractivity contribution in [3.05, 3.63) is 108 Å². The average molecular weight is 302 g/mol. The summed E-state index contributed by atoms with van der Waals surface area (Å²) < 4.78 is 0. The first-order chi connectivity index (χ1) is 11.3. The highest BCUT2D eigenvalue weighted by molar-refractivity contribution is 5.49. The van der Waals surface area contributed by atoms with Gasteiger partial charge in [0.2, 0.25) is 0 Å². The smallest absolute Gasteiger partial charge is 0.0980 e. The maximum Gasteiger partial charge on any atom is 0.0980 e. The molecule has 2 N–H and O–H groups in total. The van der Waals surface area contributed by atoms with Gasteiger partial charge in [-0.25, -0.2) is 0 Å². The summed E-state index contributed by atoms with van der Waals surface area (Å²) in [4.78, 5) is 2.20. The van der Waals surface area contributed by atoms with Crippen LogP contribution < -0.4 is 5.73 Å². The first-order valence-electron chi connectivity index (χ1n) is 7.88. The molecule has 0 amide bonds. The van der Waals surface area contributed by atoms with Crippen LogP contribution in [0.4, 0.5) is 0 Å². The molecule has 0 saturated carbocycles. The Morgan fingerprint density at radius 3 is 1.22 bits per heavy atom. The summed E-state index contributed by atoms with van der Waals surface area (Å²) in [5.74, 6) is 0. The number of benzene rings is 3. The fraction of sp³-hybridized carbons (Fsp3) is 0.143. The molecule has 116 valence electrons. The zero-order chi connectivity index (χ0) is 16.1. The molecule has 0 saturated heterocycles. The molecule has 23 heavy (non-hydrogen) atoms. The zero-order valence-corrected chi connectivity index (χ0v) is 13.4. The van der Waals surface area contributed by atoms with E-state index in [1.165, 1.54) is 16.7 Å². The van der Waals surface area contributed by atoms with Crippen molar-refractivity contribution < 1.29 is 0 Å². The maximum absolute atomic E-state index is 6.10. The molecule has 0 atom stereocenters. The van der Waals surface area contributed by atoms with E-state index in [9.17, 15) is 0 Å². The predicted molar refractivity (Wildman–Crippen MR) is 96.0 cm³/mol. The van der Waals surface area contributed by atoms with Crippen molar-refractivity contribution in [2.75, 3.05) is 13.7 Å². The monoisotopic (exact) mass is 302 g/mol. The zero-order valence-electron chi connectivity index (χ0n) is 13.4. The van der Waals surface area contributed by atoms with Crippen LogP contribution in [-0.4, -0.2) is 18.6 Å². The molecule has 0 aliphatic heterocycles. The summed E-state index contributed by atoms with van der Waals surface area (Å²) in [6.45, 7) is 0.457. The SMILES string of the molecule is CN(CN)C(c1ccccc1)(c1ccccc1)c1ccccc1. The van der Waals surface area contributed by atoms with E-state index >= 15 is 0 Å². The summed E-state index contributed by atoms with van der Waals surface area (Å²) >= 11 is 0. The van der Waals surface area contributed by atoms with Gasteiger partial charge in [0.1, 0.15) is 0 Å². The molecule has 0 heterocycles. The second-order valence-corrected chi connectivity index (χ2v) is 5.69. The molecule has 3 aromatic rings. The minimum Gasteiger partial charge on any atom is -0.318 e. The Balaban J connectivity index is 2.35. The molecule has 2 heteroatoms. The van der Waals surface area contributed by atoms with Crippen LogP contribution in [0.2, 0.25) is 0 Å². The van der Waals surface area contributed by atoms with Crippen LogP contribution in [0, 0.1) is 0 Å². The third-order valence-electron chi connectivity index (χ3n) is 4.42. The predicted octanol–water partition coefficient (Wildman–Crippen LogP) is 3.83. The lowest BCUT2D eigenvalue weighted by molar-refractivity contribution is 0.205. The molecule has 0 aliphatic carbocycles. The maximum atomic E-state index is 6.10. The Hall–Kier alpha value is -2.42. The van der Waals surface area contributed by atoms with E-state index in [1.54, 1.807) is 0 Å². The van der Waals surface area contributed by atoms with Crippen molar-refractivity contribution in [3.63, 3.8) is 0 Å². The molecule has 0 spiro atoms. The minimum absolute atomic E-state index is 0.404. The van der Waals surface area contributed by atoms with Gasteiger partial charge in [-0.3, -0.25) is 4.90 Å². The Morgan fingerprint density at radius 1 is 0.652 bits per heavy atom. The lowest BCUT2D eigenvalue weighted by atomic mass is 9.76. The summed E-state index contributed by atoms with van der Waals surface area (Å²) in [5, 5.41) is 0. The Kier molecular flexibility index (Phi) is 4.56. The topological polar surface area (TPSA) is 29.3 Å². The van der Waals surface area contributed by atoms with Crippen LogP contribution in [0.3, 0.4) is 0 Å². The number of rotatable bonds is 5. The molecular formula is C21H22N2. The molecule has 0 aromatic heterocycles. The molecule has 0 bridgehead atoms. The molecule has 3 aromatic carbocycles. The van der Waals surface area contributed by atoms with Gasteiger partial charge in [-0.15, -0.1) is 0 Å². The standard InChI is InChI=1S/C21H22N2/c1-23(17-22)21(18-11-5-2-6-12-18,19-13-7-3-8-14-19)20-15-9-4-10-16-20/h2-16H,17,22H2,1H3. The van der Waals surface area contributed by atoms with Crippen LogP contribution in [0.5, 0.6) is 0 Å². The lowest BCUT2D eigenvalue weighted by Crippen LogP contribution is -2.48. The first-order valence-corrected chi connectivity index (χ1v) is 7.88.